The molecule has 0 aliphatic heterocycles. The first-order chi connectivity index (χ1) is 12.7. The van der Waals surface area contributed by atoms with E-state index in [0.717, 1.165) is 0 Å². The number of hydrogen-bond acceptors (Lipinski definition) is 8. The van der Waals surface area contributed by atoms with Crippen LogP contribution >= 0.6 is 0 Å². The number of carboxylic acids is 1. The van der Waals surface area contributed by atoms with Gasteiger partial charge in [-0.25, -0.2) is 4.79 Å². The second-order valence-corrected chi connectivity index (χ2v) is 6.15. The van der Waals surface area contributed by atoms with Crippen molar-refractivity contribution in [1.82, 2.24) is 0 Å². The highest BCUT2D eigenvalue weighted by atomic mass is 16.5. The smallest absolute Gasteiger partial charge is 0.328 e. The van der Waals surface area contributed by atoms with Crippen molar-refractivity contribution in [3.05, 3.63) is 47.5 Å². The van der Waals surface area contributed by atoms with Gasteiger partial charge in [-0.1, -0.05) is 12.1 Å². The number of ether oxygens (including phenoxy) is 1. The van der Waals surface area contributed by atoms with Crippen LogP contribution in [0.2, 0.25) is 0 Å². The summed E-state index contributed by atoms with van der Waals surface area (Å²) in [5.41, 5.74) is 24.4. The molecule has 9 heteroatoms. The molecular weight excluding hydrogens is 352 g/mol. The Morgan fingerprint density at radius 1 is 0.926 bits per heavy atom. The second kappa shape index (κ2) is 8.39. The summed E-state index contributed by atoms with van der Waals surface area (Å²) in [5, 5.41) is 18.3. The van der Waals surface area contributed by atoms with Gasteiger partial charge in [0.1, 0.15) is 17.8 Å². The van der Waals surface area contributed by atoms with Gasteiger partial charge in [0.25, 0.3) is 0 Å². The van der Waals surface area contributed by atoms with Gasteiger partial charge in [0, 0.05) is 0 Å². The number of carboxylic acid groups (broad SMARTS) is 1. The minimum Gasteiger partial charge on any atom is -0.506 e. The van der Waals surface area contributed by atoms with E-state index in [1.54, 1.807) is 12.1 Å². The van der Waals surface area contributed by atoms with Gasteiger partial charge in [0.15, 0.2) is 5.75 Å². The van der Waals surface area contributed by atoms with E-state index in [-0.39, 0.29) is 35.7 Å². The maximum Gasteiger partial charge on any atom is 0.328 e. The van der Waals surface area contributed by atoms with Gasteiger partial charge in [0.2, 0.25) is 0 Å². The molecule has 0 spiro atoms. The molecule has 0 fully saturated rings. The third kappa shape index (κ3) is 5.33. The first kappa shape index (κ1) is 20.0. The molecule has 0 saturated carbocycles. The Labute approximate surface area is 155 Å². The van der Waals surface area contributed by atoms with Crippen molar-refractivity contribution in [2.24, 2.45) is 11.5 Å². The molecule has 0 aromatic heterocycles. The molecule has 0 radical (unpaired) electrons. The van der Waals surface area contributed by atoms with Crippen molar-refractivity contribution in [3.8, 4) is 11.5 Å². The SMILES string of the molecule is Nc1cc(C[C@H](N)C(=O)Oc2ccc(C[C@H](N)C(=O)O)cc2N)ccc1O. The number of phenols is 1. The van der Waals surface area contributed by atoms with E-state index >= 15 is 0 Å². The van der Waals surface area contributed by atoms with Gasteiger partial charge >= 0.3 is 11.9 Å². The maximum absolute atomic E-state index is 12.2. The van der Waals surface area contributed by atoms with Crippen LogP contribution < -0.4 is 27.7 Å². The number of anilines is 2. The van der Waals surface area contributed by atoms with Gasteiger partial charge in [-0.15, -0.1) is 0 Å². The van der Waals surface area contributed by atoms with Crippen molar-refractivity contribution in [3.63, 3.8) is 0 Å². The largest absolute Gasteiger partial charge is 0.506 e. The molecular formula is C18H22N4O5. The summed E-state index contributed by atoms with van der Waals surface area (Å²) in [4.78, 5) is 23.0. The highest BCUT2D eigenvalue weighted by Crippen LogP contribution is 2.24. The van der Waals surface area contributed by atoms with Crippen molar-refractivity contribution < 1.29 is 24.5 Å². The van der Waals surface area contributed by atoms with Crippen LogP contribution in [0.25, 0.3) is 0 Å². The van der Waals surface area contributed by atoms with E-state index in [1.807, 2.05) is 0 Å². The normalized spacial score (nSPS) is 13.0. The van der Waals surface area contributed by atoms with E-state index in [9.17, 15) is 14.7 Å². The van der Waals surface area contributed by atoms with Crippen molar-refractivity contribution in [2.75, 3.05) is 11.5 Å². The van der Waals surface area contributed by atoms with Crippen LogP contribution in [0, 0.1) is 0 Å². The van der Waals surface area contributed by atoms with Gasteiger partial charge in [-0.2, -0.15) is 0 Å². The highest BCUT2D eigenvalue weighted by Gasteiger charge is 2.19. The standard InChI is InChI=1S/C18H22N4O5/c19-11-5-9(1-3-15(11)23)8-14(22)18(26)27-16-4-2-10(6-12(16)20)7-13(21)17(24)25/h1-6,13-14,23H,7-8,19-22H2,(H,24,25)/t13-,14-/m0/s1. The fourth-order valence-corrected chi connectivity index (χ4v) is 2.41. The highest BCUT2D eigenvalue weighted by molar-refractivity contribution is 5.80. The predicted octanol–water partition coefficient (Wildman–Crippen LogP) is -0.0136. The summed E-state index contributed by atoms with van der Waals surface area (Å²) < 4.78 is 5.22. The third-order valence-corrected chi connectivity index (χ3v) is 3.91. The fourth-order valence-electron chi connectivity index (χ4n) is 2.41. The Morgan fingerprint density at radius 2 is 1.48 bits per heavy atom. The fraction of sp³-hybridized carbons (Fsp3) is 0.222. The summed E-state index contributed by atoms with van der Waals surface area (Å²) in [7, 11) is 0. The number of aromatic hydroxyl groups is 1. The van der Waals surface area contributed by atoms with Gasteiger partial charge in [0.05, 0.1) is 11.4 Å². The molecule has 0 amide bonds. The van der Waals surface area contributed by atoms with Crippen molar-refractivity contribution >= 4 is 23.3 Å². The number of benzene rings is 2. The first-order valence-corrected chi connectivity index (χ1v) is 8.08. The van der Waals surface area contributed by atoms with Crippen LogP contribution in [0.15, 0.2) is 36.4 Å². The molecule has 2 rings (SSSR count). The molecule has 2 aromatic rings. The van der Waals surface area contributed by atoms with Crippen LogP contribution in [0.3, 0.4) is 0 Å². The van der Waals surface area contributed by atoms with Gasteiger partial charge < -0.3 is 37.9 Å². The average Bonchev–Trinajstić information content (AvgIpc) is 2.60. The van der Waals surface area contributed by atoms with Crippen LogP contribution in [-0.4, -0.2) is 34.2 Å². The Kier molecular flexibility index (Phi) is 6.22. The Hall–Kier alpha value is -3.30. The molecule has 2 atom stereocenters. The van der Waals surface area contributed by atoms with Gasteiger partial charge in [-0.05, 0) is 48.2 Å². The molecule has 9 nitrogen and oxygen atoms in total. The number of carbonyl (C=O) groups is 2. The molecule has 0 bridgehead atoms. The summed E-state index contributed by atoms with van der Waals surface area (Å²) in [6.07, 6.45) is 0.254. The van der Waals surface area contributed by atoms with Crippen molar-refractivity contribution in [1.29, 1.82) is 0 Å². The topological polar surface area (TPSA) is 188 Å². The number of phenolic OH excluding ortho intramolecular Hbond substituents is 1. The molecule has 144 valence electrons. The molecule has 0 heterocycles. The number of nitrogen functional groups attached to an aromatic ring is 2. The molecule has 27 heavy (non-hydrogen) atoms. The zero-order valence-electron chi connectivity index (χ0n) is 14.5. The summed E-state index contributed by atoms with van der Waals surface area (Å²) in [5.74, 6) is -1.74. The lowest BCUT2D eigenvalue weighted by molar-refractivity contribution is -0.138. The first-order valence-electron chi connectivity index (χ1n) is 8.08. The van der Waals surface area contributed by atoms with E-state index in [0.29, 0.717) is 11.1 Å². The number of hydrogen-bond donors (Lipinski definition) is 6. The van der Waals surface area contributed by atoms with Crippen LogP contribution in [0.5, 0.6) is 11.5 Å². The molecule has 0 aliphatic rings. The van der Waals surface area contributed by atoms with Crippen LogP contribution in [0.1, 0.15) is 11.1 Å². The quantitative estimate of drug-likeness (QED) is 0.167. The van der Waals surface area contributed by atoms with Gasteiger partial charge in [-0.3, -0.25) is 4.79 Å². The molecule has 10 N–H and O–H groups in total. The molecule has 0 unspecified atom stereocenters. The number of nitrogens with two attached hydrogens (primary N) is 4. The Balaban J connectivity index is 2.01. The van der Waals surface area contributed by atoms with E-state index in [4.69, 9.17) is 32.8 Å². The lowest BCUT2D eigenvalue weighted by atomic mass is 10.0. The zero-order valence-corrected chi connectivity index (χ0v) is 14.5. The van der Waals surface area contributed by atoms with E-state index in [1.165, 1.54) is 24.3 Å². The number of rotatable bonds is 7. The van der Waals surface area contributed by atoms with Crippen molar-refractivity contribution in [2.45, 2.75) is 24.9 Å². The lowest BCUT2D eigenvalue weighted by Gasteiger charge is -2.14. The summed E-state index contributed by atoms with van der Waals surface area (Å²) in [6.45, 7) is 0. The average molecular weight is 374 g/mol. The predicted molar refractivity (Wildman–Crippen MR) is 100 cm³/mol. The zero-order chi connectivity index (χ0) is 20.1. The van der Waals surface area contributed by atoms with E-state index in [2.05, 4.69) is 0 Å². The summed E-state index contributed by atoms with van der Waals surface area (Å²) >= 11 is 0. The molecule has 0 saturated heterocycles. The minimum atomic E-state index is -1.12. The number of carbonyl (C=O) groups excluding carboxylic acids is 1. The monoisotopic (exact) mass is 374 g/mol. The number of aliphatic carboxylic acids is 1. The second-order valence-electron chi connectivity index (χ2n) is 6.15. The molecule has 2 aromatic carbocycles. The minimum absolute atomic E-state index is 0.0506. The third-order valence-electron chi connectivity index (χ3n) is 3.91. The van der Waals surface area contributed by atoms with E-state index < -0.39 is 24.0 Å². The summed E-state index contributed by atoms with van der Waals surface area (Å²) in [6, 6.07) is 7.07. The Morgan fingerprint density at radius 3 is 2.04 bits per heavy atom. The molecule has 0 aliphatic carbocycles. The van der Waals surface area contributed by atoms with Crippen LogP contribution in [-0.2, 0) is 22.4 Å². The van der Waals surface area contributed by atoms with Crippen LogP contribution in [0.4, 0.5) is 11.4 Å². The lowest BCUT2D eigenvalue weighted by Crippen LogP contribution is -2.36. The maximum atomic E-state index is 12.2. The Bertz CT molecular complexity index is 856. The number of esters is 1.